The van der Waals surface area contributed by atoms with Gasteiger partial charge in [-0.05, 0) is 45.1 Å². The first-order valence-electron chi connectivity index (χ1n) is 7.86. The van der Waals surface area contributed by atoms with E-state index in [4.69, 9.17) is 11.2 Å². The number of fused-ring (bicyclic) bond motifs is 1. The van der Waals surface area contributed by atoms with Crippen molar-refractivity contribution >= 4 is 28.6 Å². The van der Waals surface area contributed by atoms with Gasteiger partial charge in [0.2, 0.25) is 5.91 Å². The van der Waals surface area contributed by atoms with Crippen LogP contribution in [-0.2, 0) is 9.53 Å². The van der Waals surface area contributed by atoms with E-state index in [2.05, 4.69) is 21.5 Å². The molecule has 6 nitrogen and oxygen atoms in total. The van der Waals surface area contributed by atoms with Gasteiger partial charge in [0.1, 0.15) is 23.2 Å². The fourth-order valence-electron chi connectivity index (χ4n) is 2.16. The predicted octanol–water partition coefficient (Wildman–Crippen LogP) is 3.07. The van der Waals surface area contributed by atoms with Gasteiger partial charge in [0.05, 0.1) is 0 Å². The number of alkyl carbamates (subject to hydrolysis) is 1. The minimum atomic E-state index is -0.794. The molecule has 2 N–H and O–H groups in total. The Morgan fingerprint density at radius 2 is 1.96 bits per heavy atom. The van der Waals surface area contributed by atoms with Gasteiger partial charge >= 0.3 is 6.09 Å². The van der Waals surface area contributed by atoms with E-state index in [1.807, 2.05) is 24.3 Å². The lowest BCUT2D eigenvalue weighted by Gasteiger charge is -2.21. The monoisotopic (exact) mass is 339 g/mol. The minimum Gasteiger partial charge on any atom is -0.444 e. The molecule has 0 radical (unpaired) electrons. The molecule has 0 spiro atoms. The second-order valence-electron chi connectivity index (χ2n) is 6.58. The number of amides is 2. The smallest absolute Gasteiger partial charge is 0.408 e. The first-order chi connectivity index (χ1) is 11.7. The number of hydrogen-bond donors (Lipinski definition) is 2. The Labute approximate surface area is 147 Å². The summed E-state index contributed by atoms with van der Waals surface area (Å²) in [4.78, 5) is 28.3. The number of anilines is 1. The Bertz CT molecular complexity index is 847. The maximum absolute atomic E-state index is 12.3. The summed E-state index contributed by atoms with van der Waals surface area (Å²) >= 11 is 0. The molecule has 6 heteroatoms. The van der Waals surface area contributed by atoms with Crippen LogP contribution in [0.3, 0.4) is 0 Å². The average molecular weight is 339 g/mol. The second kappa shape index (κ2) is 7.22. The van der Waals surface area contributed by atoms with Gasteiger partial charge in [0.25, 0.3) is 0 Å². The van der Waals surface area contributed by atoms with Gasteiger partial charge < -0.3 is 15.4 Å². The number of hydrogen-bond acceptors (Lipinski definition) is 4. The van der Waals surface area contributed by atoms with Crippen molar-refractivity contribution < 1.29 is 14.3 Å². The van der Waals surface area contributed by atoms with Crippen LogP contribution in [0.15, 0.2) is 30.3 Å². The molecule has 0 saturated heterocycles. The highest BCUT2D eigenvalue weighted by Crippen LogP contribution is 2.20. The molecular formula is C19H21N3O3. The highest BCUT2D eigenvalue weighted by molar-refractivity contribution is 5.98. The van der Waals surface area contributed by atoms with Crippen molar-refractivity contribution in [3.63, 3.8) is 0 Å². The fraction of sp³-hybridized carbons (Fsp3) is 0.316. The predicted molar refractivity (Wildman–Crippen MR) is 97.1 cm³/mol. The number of pyridine rings is 1. The van der Waals surface area contributed by atoms with Crippen LogP contribution < -0.4 is 10.6 Å². The number of carbonyl (C=O) groups excluding carboxylic acids is 2. The van der Waals surface area contributed by atoms with Crippen LogP contribution in [0.4, 0.5) is 10.6 Å². The summed E-state index contributed by atoms with van der Waals surface area (Å²) in [6, 6.07) is 8.44. The maximum atomic E-state index is 12.3. The molecule has 0 bridgehead atoms. The van der Waals surface area contributed by atoms with Gasteiger partial charge in [0, 0.05) is 5.39 Å². The van der Waals surface area contributed by atoms with Crippen LogP contribution in [-0.4, -0.2) is 28.6 Å². The van der Waals surface area contributed by atoms with Crippen LogP contribution in [0.1, 0.15) is 33.4 Å². The summed E-state index contributed by atoms with van der Waals surface area (Å²) in [5.41, 5.74) is -0.192. The molecule has 1 unspecified atom stereocenters. The van der Waals surface area contributed by atoms with Gasteiger partial charge in [-0.2, -0.15) is 0 Å². The van der Waals surface area contributed by atoms with Crippen LogP contribution in [0.5, 0.6) is 0 Å². The Hall–Kier alpha value is -3.07. The highest BCUT2D eigenvalue weighted by Gasteiger charge is 2.21. The molecule has 0 saturated carbocycles. The molecule has 1 aromatic carbocycles. The van der Waals surface area contributed by atoms with Gasteiger partial charge in [-0.1, -0.05) is 24.3 Å². The summed E-state index contributed by atoms with van der Waals surface area (Å²) < 4.78 is 5.13. The van der Waals surface area contributed by atoms with Crippen molar-refractivity contribution in [1.29, 1.82) is 0 Å². The zero-order valence-corrected chi connectivity index (χ0v) is 14.7. The Balaban J connectivity index is 2.11. The average Bonchev–Trinajstić information content (AvgIpc) is 2.52. The third-order valence-electron chi connectivity index (χ3n) is 3.25. The summed E-state index contributed by atoms with van der Waals surface area (Å²) in [7, 11) is 0. The van der Waals surface area contributed by atoms with Crippen LogP contribution in [0.25, 0.3) is 10.8 Å². The summed E-state index contributed by atoms with van der Waals surface area (Å²) in [6.45, 7) is 6.80. The van der Waals surface area contributed by atoms with E-state index < -0.39 is 23.6 Å². The lowest BCUT2D eigenvalue weighted by molar-refractivity contribution is -0.117. The highest BCUT2D eigenvalue weighted by atomic mass is 16.6. The van der Waals surface area contributed by atoms with Crippen molar-refractivity contribution in [2.45, 2.75) is 39.3 Å². The number of ether oxygens (including phenoxy) is 1. The number of benzene rings is 1. The van der Waals surface area contributed by atoms with Crippen LogP contribution in [0.2, 0.25) is 0 Å². The standard InChI is InChI=1S/C19H21N3O3/c1-6-15-14-10-8-7-9-13(14)11-16(21-15)22-17(23)12(2)20-18(24)25-19(3,4)5/h1,7-12H,2-5H3,(H,20,24)(H,21,22,23). The maximum Gasteiger partial charge on any atom is 0.408 e. The normalized spacial score (nSPS) is 12.1. The Morgan fingerprint density at radius 3 is 2.60 bits per heavy atom. The fourth-order valence-corrected chi connectivity index (χ4v) is 2.16. The third-order valence-corrected chi connectivity index (χ3v) is 3.25. The zero-order chi connectivity index (χ0) is 18.6. The molecule has 0 aliphatic heterocycles. The van der Waals surface area contributed by atoms with E-state index in [0.717, 1.165) is 10.8 Å². The topological polar surface area (TPSA) is 80.3 Å². The van der Waals surface area contributed by atoms with Crippen molar-refractivity contribution in [3.05, 3.63) is 36.0 Å². The summed E-state index contributed by atoms with van der Waals surface area (Å²) in [5.74, 6) is 2.43. The molecule has 25 heavy (non-hydrogen) atoms. The van der Waals surface area contributed by atoms with E-state index in [-0.39, 0.29) is 0 Å². The molecule has 0 aliphatic rings. The number of nitrogens with zero attached hydrogens (tertiary/aromatic N) is 1. The first-order valence-corrected chi connectivity index (χ1v) is 7.86. The Morgan fingerprint density at radius 1 is 1.28 bits per heavy atom. The van der Waals surface area contributed by atoms with Crippen molar-refractivity contribution in [1.82, 2.24) is 10.3 Å². The number of nitrogens with one attached hydrogen (secondary N) is 2. The number of rotatable bonds is 3. The molecular weight excluding hydrogens is 318 g/mol. The number of aromatic nitrogens is 1. The van der Waals surface area contributed by atoms with Crippen molar-refractivity contribution in [2.24, 2.45) is 0 Å². The van der Waals surface area contributed by atoms with Crippen molar-refractivity contribution in [2.75, 3.05) is 5.32 Å². The molecule has 0 aliphatic carbocycles. The SMILES string of the molecule is C#Cc1nc(NC(=O)C(C)NC(=O)OC(C)(C)C)cc2ccccc12. The van der Waals surface area contributed by atoms with Gasteiger partial charge in [0.15, 0.2) is 0 Å². The number of terminal acetylenes is 1. The van der Waals surface area contributed by atoms with Crippen LogP contribution in [0, 0.1) is 12.3 Å². The zero-order valence-electron chi connectivity index (χ0n) is 14.7. The largest absolute Gasteiger partial charge is 0.444 e. The van der Waals surface area contributed by atoms with E-state index in [1.54, 1.807) is 33.8 Å². The van der Waals surface area contributed by atoms with E-state index in [1.165, 1.54) is 0 Å². The second-order valence-corrected chi connectivity index (χ2v) is 6.58. The number of carbonyl (C=O) groups is 2. The molecule has 2 amide bonds. The molecule has 1 heterocycles. The summed E-state index contributed by atoms with van der Waals surface area (Å²) in [5, 5.41) is 6.85. The molecule has 2 rings (SSSR count). The van der Waals surface area contributed by atoms with E-state index >= 15 is 0 Å². The van der Waals surface area contributed by atoms with Gasteiger partial charge in [-0.3, -0.25) is 4.79 Å². The molecule has 0 fully saturated rings. The lowest BCUT2D eigenvalue weighted by Crippen LogP contribution is -2.44. The van der Waals surface area contributed by atoms with Gasteiger partial charge in [-0.15, -0.1) is 6.42 Å². The van der Waals surface area contributed by atoms with E-state index in [9.17, 15) is 9.59 Å². The molecule has 130 valence electrons. The quantitative estimate of drug-likeness (QED) is 0.842. The van der Waals surface area contributed by atoms with Crippen molar-refractivity contribution in [3.8, 4) is 12.3 Å². The van der Waals surface area contributed by atoms with Gasteiger partial charge in [-0.25, -0.2) is 9.78 Å². The Kier molecular flexibility index (Phi) is 5.28. The molecule has 1 aromatic heterocycles. The van der Waals surface area contributed by atoms with E-state index in [0.29, 0.717) is 11.5 Å². The molecule has 2 aromatic rings. The summed E-state index contributed by atoms with van der Waals surface area (Å²) in [6.07, 6.45) is 4.84. The first kappa shape index (κ1) is 18.3. The van der Waals surface area contributed by atoms with Crippen LogP contribution >= 0.6 is 0 Å². The minimum absolute atomic E-state index is 0.328. The third kappa shape index (κ3) is 4.95. The molecule has 1 atom stereocenters. The lowest BCUT2D eigenvalue weighted by atomic mass is 10.1.